The zero-order chi connectivity index (χ0) is 16.4. The molecule has 1 heterocycles. The van der Waals surface area contributed by atoms with Gasteiger partial charge in [0.05, 0.1) is 12.5 Å². The number of carbonyl (C=O) groups excluding carboxylic acids is 1. The van der Waals surface area contributed by atoms with Crippen molar-refractivity contribution in [2.75, 3.05) is 5.32 Å². The van der Waals surface area contributed by atoms with Crippen molar-refractivity contribution in [3.05, 3.63) is 65.4 Å². The number of aliphatic hydroxyl groups excluding tert-OH is 1. The number of furan rings is 1. The quantitative estimate of drug-likeness (QED) is 0.766. The third-order valence-electron chi connectivity index (χ3n) is 4.01. The summed E-state index contributed by atoms with van der Waals surface area (Å²) < 4.78 is 5.76. The van der Waals surface area contributed by atoms with Crippen molar-refractivity contribution in [1.29, 1.82) is 0 Å². The van der Waals surface area contributed by atoms with Gasteiger partial charge in [0.15, 0.2) is 0 Å². The summed E-state index contributed by atoms with van der Waals surface area (Å²) in [5, 5.41) is 13.1. The molecular formula is C19H19NO3. The molecule has 0 radical (unpaired) electrons. The molecule has 0 spiro atoms. The largest absolute Gasteiger partial charge is 0.460 e. The molecule has 1 amide bonds. The van der Waals surface area contributed by atoms with Crippen LogP contribution in [0.4, 0.5) is 5.69 Å². The highest BCUT2D eigenvalue weighted by Gasteiger charge is 2.20. The van der Waals surface area contributed by atoms with Crippen LogP contribution in [0.1, 0.15) is 29.7 Å². The standard InChI is InChI=1S/C19H19NO3/c1-12-7-8-14(11-21)9-16(12)20-19(22)13(2)18-10-15-5-3-4-6-17(15)23-18/h3-10,13,21H,11H2,1-2H3,(H,20,22). The molecule has 4 heteroatoms. The smallest absolute Gasteiger partial charge is 0.234 e. The summed E-state index contributed by atoms with van der Waals surface area (Å²) >= 11 is 0. The second kappa shape index (κ2) is 6.26. The van der Waals surface area contributed by atoms with Crippen molar-refractivity contribution in [1.82, 2.24) is 0 Å². The molecule has 3 rings (SSSR count). The number of rotatable bonds is 4. The Morgan fingerprint density at radius 1 is 1.22 bits per heavy atom. The van der Waals surface area contributed by atoms with E-state index in [9.17, 15) is 9.90 Å². The summed E-state index contributed by atoms with van der Waals surface area (Å²) in [6, 6.07) is 15.1. The average molecular weight is 309 g/mol. The van der Waals surface area contributed by atoms with Crippen LogP contribution in [0.15, 0.2) is 52.9 Å². The predicted octanol–water partition coefficient (Wildman–Crippen LogP) is 3.98. The third kappa shape index (κ3) is 3.12. The molecule has 0 aliphatic heterocycles. The molecule has 0 aliphatic carbocycles. The number of nitrogens with one attached hydrogen (secondary N) is 1. The molecule has 1 unspecified atom stereocenters. The van der Waals surface area contributed by atoms with Gasteiger partial charge in [0, 0.05) is 11.1 Å². The normalized spacial score (nSPS) is 12.3. The van der Waals surface area contributed by atoms with Gasteiger partial charge in [0.2, 0.25) is 5.91 Å². The molecule has 2 N–H and O–H groups in total. The number of hydrogen-bond donors (Lipinski definition) is 2. The van der Waals surface area contributed by atoms with Crippen molar-refractivity contribution in [2.24, 2.45) is 0 Å². The summed E-state index contributed by atoms with van der Waals surface area (Å²) in [5.74, 6) is 0.0986. The van der Waals surface area contributed by atoms with E-state index in [1.165, 1.54) is 0 Å². The van der Waals surface area contributed by atoms with Crippen LogP contribution < -0.4 is 5.32 Å². The van der Waals surface area contributed by atoms with Crippen molar-refractivity contribution in [2.45, 2.75) is 26.4 Å². The van der Waals surface area contributed by atoms with Crippen LogP contribution in [0.5, 0.6) is 0 Å². The molecule has 3 aromatic rings. The number of para-hydroxylation sites is 1. The number of anilines is 1. The van der Waals surface area contributed by atoms with Gasteiger partial charge in [-0.2, -0.15) is 0 Å². The molecule has 1 aromatic heterocycles. The van der Waals surface area contributed by atoms with E-state index in [2.05, 4.69) is 5.32 Å². The molecule has 118 valence electrons. The molecule has 0 saturated heterocycles. The maximum absolute atomic E-state index is 12.5. The highest BCUT2D eigenvalue weighted by atomic mass is 16.3. The molecule has 1 atom stereocenters. The molecule has 0 aliphatic rings. The molecule has 0 saturated carbocycles. The monoisotopic (exact) mass is 309 g/mol. The van der Waals surface area contributed by atoms with Crippen molar-refractivity contribution < 1.29 is 14.3 Å². The summed E-state index contributed by atoms with van der Waals surface area (Å²) in [5.41, 5.74) is 3.21. The summed E-state index contributed by atoms with van der Waals surface area (Å²) in [7, 11) is 0. The van der Waals surface area contributed by atoms with Crippen LogP contribution in [-0.4, -0.2) is 11.0 Å². The van der Waals surface area contributed by atoms with Gasteiger partial charge < -0.3 is 14.8 Å². The first-order valence-electron chi connectivity index (χ1n) is 7.58. The van der Waals surface area contributed by atoms with Crippen LogP contribution in [0.25, 0.3) is 11.0 Å². The fourth-order valence-corrected chi connectivity index (χ4v) is 2.49. The maximum Gasteiger partial charge on any atom is 0.234 e. The zero-order valence-electron chi connectivity index (χ0n) is 13.2. The number of hydrogen-bond acceptors (Lipinski definition) is 3. The van der Waals surface area contributed by atoms with Crippen LogP contribution in [0.2, 0.25) is 0 Å². The lowest BCUT2D eigenvalue weighted by atomic mass is 10.1. The summed E-state index contributed by atoms with van der Waals surface area (Å²) in [6.45, 7) is 3.68. The lowest BCUT2D eigenvalue weighted by molar-refractivity contribution is -0.117. The number of benzene rings is 2. The topological polar surface area (TPSA) is 62.5 Å². The molecule has 23 heavy (non-hydrogen) atoms. The second-order valence-corrected chi connectivity index (χ2v) is 5.70. The number of aliphatic hydroxyl groups is 1. The van der Waals surface area contributed by atoms with Crippen LogP contribution in [0.3, 0.4) is 0 Å². The van der Waals surface area contributed by atoms with E-state index in [1.54, 1.807) is 6.07 Å². The Morgan fingerprint density at radius 3 is 2.74 bits per heavy atom. The van der Waals surface area contributed by atoms with Crippen molar-refractivity contribution in [3.8, 4) is 0 Å². The Kier molecular flexibility index (Phi) is 4.17. The van der Waals surface area contributed by atoms with Crippen LogP contribution >= 0.6 is 0 Å². The highest BCUT2D eigenvalue weighted by molar-refractivity contribution is 5.96. The van der Waals surface area contributed by atoms with Crippen LogP contribution in [0, 0.1) is 6.92 Å². The van der Waals surface area contributed by atoms with Gasteiger partial charge in [-0.3, -0.25) is 4.79 Å². The van der Waals surface area contributed by atoms with E-state index in [1.807, 2.05) is 56.3 Å². The Labute approximate surface area is 134 Å². The molecule has 2 aromatic carbocycles. The second-order valence-electron chi connectivity index (χ2n) is 5.70. The first-order chi connectivity index (χ1) is 11.1. The Balaban J connectivity index is 1.82. The minimum atomic E-state index is -0.403. The minimum absolute atomic E-state index is 0.0533. The Bertz CT molecular complexity index is 818. The third-order valence-corrected chi connectivity index (χ3v) is 4.01. The number of carbonyl (C=O) groups is 1. The average Bonchev–Trinajstić information content (AvgIpc) is 3.00. The predicted molar refractivity (Wildman–Crippen MR) is 90.4 cm³/mol. The summed E-state index contributed by atoms with van der Waals surface area (Å²) in [4.78, 5) is 12.5. The van der Waals surface area contributed by atoms with Gasteiger partial charge in [-0.05, 0) is 43.2 Å². The zero-order valence-corrected chi connectivity index (χ0v) is 13.2. The molecule has 0 fully saturated rings. The highest BCUT2D eigenvalue weighted by Crippen LogP contribution is 2.26. The molecular weight excluding hydrogens is 290 g/mol. The minimum Gasteiger partial charge on any atom is -0.460 e. The summed E-state index contributed by atoms with van der Waals surface area (Å²) in [6.07, 6.45) is 0. The number of amides is 1. The van der Waals surface area contributed by atoms with Gasteiger partial charge in [0.25, 0.3) is 0 Å². The molecule has 4 nitrogen and oxygen atoms in total. The van der Waals surface area contributed by atoms with Gasteiger partial charge in [-0.1, -0.05) is 30.3 Å². The maximum atomic E-state index is 12.5. The lowest BCUT2D eigenvalue weighted by Crippen LogP contribution is -2.19. The lowest BCUT2D eigenvalue weighted by Gasteiger charge is -2.13. The fraction of sp³-hybridized carbons (Fsp3) is 0.211. The van der Waals surface area contributed by atoms with Gasteiger partial charge in [-0.25, -0.2) is 0 Å². The number of aryl methyl sites for hydroxylation is 1. The van der Waals surface area contributed by atoms with Crippen molar-refractivity contribution >= 4 is 22.6 Å². The van der Waals surface area contributed by atoms with Gasteiger partial charge in [-0.15, -0.1) is 0 Å². The first kappa shape index (κ1) is 15.3. The van der Waals surface area contributed by atoms with Gasteiger partial charge >= 0.3 is 0 Å². The number of fused-ring (bicyclic) bond motifs is 1. The van der Waals surface area contributed by atoms with Crippen LogP contribution in [-0.2, 0) is 11.4 Å². The molecule has 0 bridgehead atoms. The van der Waals surface area contributed by atoms with E-state index >= 15 is 0 Å². The Hall–Kier alpha value is -2.59. The first-order valence-corrected chi connectivity index (χ1v) is 7.58. The van der Waals surface area contributed by atoms with E-state index in [0.717, 1.165) is 22.1 Å². The van der Waals surface area contributed by atoms with E-state index < -0.39 is 5.92 Å². The van der Waals surface area contributed by atoms with Gasteiger partial charge in [0.1, 0.15) is 11.3 Å². The van der Waals surface area contributed by atoms with E-state index in [-0.39, 0.29) is 12.5 Å². The SMILES string of the molecule is Cc1ccc(CO)cc1NC(=O)C(C)c1cc2ccccc2o1. The Morgan fingerprint density at radius 2 is 2.00 bits per heavy atom. The fourth-order valence-electron chi connectivity index (χ4n) is 2.49. The van der Waals surface area contributed by atoms with Crippen molar-refractivity contribution in [3.63, 3.8) is 0 Å². The van der Waals surface area contributed by atoms with E-state index in [0.29, 0.717) is 11.4 Å². The van der Waals surface area contributed by atoms with E-state index in [4.69, 9.17) is 4.42 Å².